The molecule has 0 saturated heterocycles. The van der Waals surface area contributed by atoms with Crippen LogP contribution in [0.3, 0.4) is 0 Å². The van der Waals surface area contributed by atoms with Gasteiger partial charge in [0.1, 0.15) is 0 Å². The quantitative estimate of drug-likeness (QED) is 0.603. The number of hydrogen-bond acceptors (Lipinski definition) is 2. The maximum atomic E-state index is 4.99. The number of thiol groups is 2. The molecule has 0 fully saturated rings. The molecule has 0 aliphatic carbocycles. The fourth-order valence-corrected chi connectivity index (χ4v) is 1.89. The molecule has 0 aliphatic heterocycles. The van der Waals surface area contributed by atoms with Crippen molar-refractivity contribution in [3.05, 3.63) is 54.1 Å². The largest absolute Gasteiger partial charge is 0.143 e. The van der Waals surface area contributed by atoms with E-state index >= 15 is 0 Å². The van der Waals surface area contributed by atoms with Gasteiger partial charge in [0.2, 0.25) is 0 Å². The Bertz CT molecular complexity index is 498. The van der Waals surface area contributed by atoms with Crippen LogP contribution in [0.2, 0.25) is 0 Å². The van der Waals surface area contributed by atoms with Crippen molar-refractivity contribution in [1.29, 1.82) is 0 Å². The lowest BCUT2D eigenvalue weighted by atomic mass is 10.0. The molecular weight excluding hydrogens is 252 g/mol. The predicted molar refractivity (Wildman–Crippen MR) is 79.8 cm³/mol. The van der Waals surface area contributed by atoms with E-state index in [1.54, 1.807) is 0 Å². The number of hydrogen-bond donors (Lipinski definition) is 2. The third kappa shape index (κ3) is 2.67. The highest BCUT2D eigenvalue weighted by molar-refractivity contribution is 8.11. The molecule has 0 heterocycles. The Kier molecular flexibility index (Phi) is 3.69. The summed E-state index contributed by atoms with van der Waals surface area (Å²) in [5, 5.41) is 0. The summed E-state index contributed by atoms with van der Waals surface area (Å²) in [6.45, 7) is 0. The Labute approximate surface area is 112 Å². The lowest BCUT2D eigenvalue weighted by molar-refractivity contribution is 1.47. The van der Waals surface area contributed by atoms with Crippen molar-refractivity contribution in [3.63, 3.8) is 0 Å². The first kappa shape index (κ1) is 11.7. The van der Waals surface area contributed by atoms with Crippen LogP contribution in [-0.4, -0.2) is 4.20 Å². The van der Waals surface area contributed by atoms with Crippen LogP contribution in [0, 0.1) is 0 Å². The zero-order valence-corrected chi connectivity index (χ0v) is 11.0. The number of thiocarbonyl (C=S) groups is 1. The number of rotatable bonds is 2. The van der Waals surface area contributed by atoms with Gasteiger partial charge < -0.3 is 0 Å². The van der Waals surface area contributed by atoms with E-state index in [1.807, 2.05) is 36.4 Å². The van der Waals surface area contributed by atoms with Gasteiger partial charge in [-0.1, -0.05) is 48.6 Å². The minimum Gasteiger partial charge on any atom is -0.143 e. The molecule has 3 heteroatoms. The molecule has 0 radical (unpaired) electrons. The van der Waals surface area contributed by atoms with Gasteiger partial charge in [-0.2, -0.15) is 0 Å². The molecule has 0 aromatic heterocycles. The Morgan fingerprint density at radius 3 is 1.69 bits per heavy atom. The molecule has 0 atom stereocenters. The molecule has 16 heavy (non-hydrogen) atoms. The second-order valence-electron chi connectivity index (χ2n) is 3.43. The summed E-state index contributed by atoms with van der Waals surface area (Å²) in [6.07, 6.45) is 0. The first-order chi connectivity index (χ1) is 7.66. The summed E-state index contributed by atoms with van der Waals surface area (Å²) in [7, 11) is 0. The molecule has 0 spiro atoms. The second-order valence-corrected chi connectivity index (χ2v) is 5.10. The molecule has 2 rings (SSSR count). The highest BCUT2D eigenvalue weighted by atomic mass is 32.1. The van der Waals surface area contributed by atoms with Crippen LogP contribution >= 0.6 is 37.5 Å². The summed E-state index contributed by atoms with van der Waals surface area (Å²) in [6, 6.07) is 16.1. The van der Waals surface area contributed by atoms with Gasteiger partial charge in [-0.25, -0.2) is 0 Å². The average molecular weight is 262 g/mol. The number of benzene rings is 2. The minimum absolute atomic E-state index is 0.622. The zero-order valence-electron chi connectivity index (χ0n) is 8.42. The van der Waals surface area contributed by atoms with Crippen LogP contribution in [0.25, 0.3) is 11.1 Å². The fourth-order valence-electron chi connectivity index (χ4n) is 1.46. The van der Waals surface area contributed by atoms with E-state index in [1.165, 1.54) is 11.1 Å². The van der Waals surface area contributed by atoms with Crippen LogP contribution in [0.5, 0.6) is 0 Å². The van der Waals surface area contributed by atoms with Gasteiger partial charge in [0.25, 0.3) is 0 Å². The molecule has 0 unspecified atom stereocenters. The van der Waals surface area contributed by atoms with E-state index in [4.69, 9.17) is 12.2 Å². The summed E-state index contributed by atoms with van der Waals surface area (Å²) < 4.78 is 0.622. The topological polar surface area (TPSA) is 0 Å². The normalized spacial score (nSPS) is 10.1. The standard InChI is InChI=1S/C13H10S3/c14-12-7-5-10(6-8-12)9-1-3-11(4-2-9)13(15)16/h1-8,14H,(H,15,16). The van der Waals surface area contributed by atoms with Crippen LogP contribution in [0.15, 0.2) is 53.4 Å². The van der Waals surface area contributed by atoms with E-state index in [9.17, 15) is 0 Å². The summed E-state index contributed by atoms with van der Waals surface area (Å²) in [5.41, 5.74) is 3.32. The van der Waals surface area contributed by atoms with E-state index < -0.39 is 0 Å². The van der Waals surface area contributed by atoms with Crippen LogP contribution in [0.4, 0.5) is 0 Å². The van der Waals surface area contributed by atoms with E-state index in [0.717, 1.165) is 10.5 Å². The maximum absolute atomic E-state index is 4.99. The smallest absolute Gasteiger partial charge is 0.0747 e. The third-order valence-electron chi connectivity index (χ3n) is 2.33. The van der Waals surface area contributed by atoms with Gasteiger partial charge in [0, 0.05) is 4.90 Å². The van der Waals surface area contributed by atoms with Gasteiger partial charge in [-0.15, -0.1) is 25.3 Å². The van der Waals surface area contributed by atoms with Crippen molar-refractivity contribution in [3.8, 4) is 11.1 Å². The van der Waals surface area contributed by atoms with Crippen LogP contribution in [-0.2, 0) is 0 Å². The van der Waals surface area contributed by atoms with E-state index in [2.05, 4.69) is 37.4 Å². The molecule has 0 bridgehead atoms. The van der Waals surface area contributed by atoms with Crippen molar-refractivity contribution in [2.24, 2.45) is 0 Å². The molecular formula is C13H10S3. The molecule has 2 aromatic carbocycles. The Morgan fingerprint density at radius 1 is 0.812 bits per heavy atom. The Hall–Kier alpha value is -0.770. The monoisotopic (exact) mass is 262 g/mol. The second kappa shape index (κ2) is 5.04. The van der Waals surface area contributed by atoms with Gasteiger partial charge >= 0.3 is 0 Å². The zero-order chi connectivity index (χ0) is 11.5. The van der Waals surface area contributed by atoms with Crippen molar-refractivity contribution >= 4 is 41.7 Å². The summed E-state index contributed by atoms with van der Waals surface area (Å²) >= 11 is 13.4. The van der Waals surface area contributed by atoms with Gasteiger partial charge in [-0.05, 0) is 28.8 Å². The molecule has 0 nitrogen and oxygen atoms in total. The molecule has 0 aliphatic rings. The summed E-state index contributed by atoms with van der Waals surface area (Å²) in [5.74, 6) is 0. The van der Waals surface area contributed by atoms with Crippen molar-refractivity contribution in [2.75, 3.05) is 0 Å². The molecule has 80 valence electrons. The molecule has 2 aromatic rings. The van der Waals surface area contributed by atoms with Gasteiger partial charge in [-0.3, -0.25) is 0 Å². The Morgan fingerprint density at radius 2 is 1.25 bits per heavy atom. The van der Waals surface area contributed by atoms with E-state index in [-0.39, 0.29) is 0 Å². The predicted octanol–water partition coefficient (Wildman–Crippen LogP) is 4.25. The average Bonchev–Trinajstić information content (AvgIpc) is 2.30. The highest BCUT2D eigenvalue weighted by Crippen LogP contribution is 2.21. The highest BCUT2D eigenvalue weighted by Gasteiger charge is 1.99. The molecule has 0 saturated carbocycles. The van der Waals surface area contributed by atoms with Crippen LogP contribution in [0.1, 0.15) is 5.56 Å². The lowest BCUT2D eigenvalue weighted by Crippen LogP contribution is -1.86. The first-order valence-electron chi connectivity index (χ1n) is 4.79. The van der Waals surface area contributed by atoms with E-state index in [0.29, 0.717) is 4.20 Å². The fraction of sp³-hybridized carbons (Fsp3) is 0. The lowest BCUT2D eigenvalue weighted by Gasteiger charge is -2.03. The summed E-state index contributed by atoms with van der Waals surface area (Å²) in [4.78, 5) is 0.969. The third-order valence-corrected chi connectivity index (χ3v) is 3.12. The minimum atomic E-state index is 0.622. The van der Waals surface area contributed by atoms with Gasteiger partial charge in [0.15, 0.2) is 0 Å². The first-order valence-corrected chi connectivity index (χ1v) is 6.10. The van der Waals surface area contributed by atoms with Crippen LogP contribution < -0.4 is 0 Å². The SMILES string of the molecule is S=C(S)c1ccc(-c2ccc(S)cc2)cc1. The van der Waals surface area contributed by atoms with Crippen molar-refractivity contribution in [1.82, 2.24) is 0 Å². The Balaban J connectivity index is 2.34. The molecule has 0 N–H and O–H groups in total. The molecule has 0 amide bonds. The van der Waals surface area contributed by atoms with Gasteiger partial charge in [0.05, 0.1) is 4.20 Å². The van der Waals surface area contributed by atoms with Crippen molar-refractivity contribution < 1.29 is 0 Å². The van der Waals surface area contributed by atoms with Crippen molar-refractivity contribution in [2.45, 2.75) is 4.90 Å². The maximum Gasteiger partial charge on any atom is 0.0747 e.